The molecule has 3 nitrogen and oxygen atoms in total. The highest BCUT2D eigenvalue weighted by atomic mass is 32.1. The fraction of sp³-hybridized carbons (Fsp3) is 0.133. The lowest BCUT2D eigenvalue weighted by molar-refractivity contribution is 0.342. The molecule has 0 radical (unpaired) electrons. The molecule has 0 aliphatic heterocycles. The minimum Gasteiger partial charge on any atom is -0.435 e. The van der Waals surface area contributed by atoms with Crippen LogP contribution < -0.4 is 4.74 Å². The Balaban J connectivity index is 2.14. The number of aromatic nitrogens is 1. The largest absolute Gasteiger partial charge is 0.435 e. The van der Waals surface area contributed by atoms with Crippen LogP contribution in [0.3, 0.4) is 0 Å². The maximum absolute atomic E-state index is 8.72. The van der Waals surface area contributed by atoms with Gasteiger partial charge in [-0.25, -0.2) is 4.98 Å². The third-order valence-electron chi connectivity index (χ3n) is 2.39. The van der Waals surface area contributed by atoms with Crippen molar-refractivity contribution >= 4 is 21.6 Å². The second-order valence-electron chi connectivity index (χ2n) is 3.78. The minimum absolute atomic E-state index is 0.0303. The van der Waals surface area contributed by atoms with Crippen molar-refractivity contribution in [3.05, 3.63) is 60.9 Å². The summed E-state index contributed by atoms with van der Waals surface area (Å²) >= 11 is 1.51. The summed E-state index contributed by atoms with van der Waals surface area (Å²) in [5, 5.41) is 9.33. The van der Waals surface area contributed by atoms with Crippen molar-refractivity contribution in [3.63, 3.8) is 0 Å². The number of aliphatic hydroxyl groups is 1. The maximum Gasteiger partial charge on any atom is 0.279 e. The van der Waals surface area contributed by atoms with Gasteiger partial charge in [-0.3, -0.25) is 0 Å². The van der Waals surface area contributed by atoms with Gasteiger partial charge in [0.2, 0.25) is 0 Å². The molecule has 19 heavy (non-hydrogen) atoms. The van der Waals surface area contributed by atoms with Gasteiger partial charge in [-0.1, -0.05) is 48.3 Å². The summed E-state index contributed by atoms with van der Waals surface area (Å²) in [4.78, 5) is 4.41. The van der Waals surface area contributed by atoms with E-state index in [9.17, 15) is 0 Å². The molecule has 1 N–H and O–H groups in total. The molecule has 0 unspecified atom stereocenters. The standard InChI is InChI=1S/C15H15NO2S/c1-2-7-12(8-5-6-11-17)18-15-16-13-9-3-4-10-14(13)19-15/h2-7,9-10,17H,1,8,11H2/b6-5-,12-7+. The van der Waals surface area contributed by atoms with Gasteiger partial charge in [0.25, 0.3) is 5.19 Å². The average molecular weight is 273 g/mol. The van der Waals surface area contributed by atoms with Gasteiger partial charge in [0, 0.05) is 6.42 Å². The summed E-state index contributed by atoms with van der Waals surface area (Å²) in [7, 11) is 0. The van der Waals surface area contributed by atoms with E-state index in [2.05, 4.69) is 11.6 Å². The van der Waals surface area contributed by atoms with Crippen LogP contribution in [0.1, 0.15) is 6.42 Å². The SMILES string of the molecule is C=C/C=C(\C/C=C\CO)Oc1nc2ccccc2s1. The summed E-state index contributed by atoms with van der Waals surface area (Å²) in [6, 6.07) is 7.91. The average Bonchev–Trinajstić information content (AvgIpc) is 2.81. The molecule has 0 amide bonds. The Morgan fingerprint density at radius 2 is 2.21 bits per heavy atom. The first-order valence-electron chi connectivity index (χ1n) is 5.94. The van der Waals surface area contributed by atoms with E-state index >= 15 is 0 Å². The van der Waals surface area contributed by atoms with Gasteiger partial charge in [0.05, 0.1) is 16.8 Å². The zero-order chi connectivity index (χ0) is 13.5. The molecule has 0 saturated heterocycles. The molecule has 0 aliphatic rings. The highest BCUT2D eigenvalue weighted by Gasteiger charge is 2.05. The molecule has 2 rings (SSSR count). The molecule has 0 spiro atoms. The summed E-state index contributed by atoms with van der Waals surface area (Å²) < 4.78 is 6.85. The van der Waals surface area contributed by atoms with Crippen LogP contribution in [0.2, 0.25) is 0 Å². The van der Waals surface area contributed by atoms with E-state index in [1.54, 1.807) is 18.2 Å². The second kappa shape index (κ2) is 6.87. The van der Waals surface area contributed by atoms with Crippen molar-refractivity contribution in [2.75, 3.05) is 6.61 Å². The Bertz CT molecular complexity index is 580. The summed E-state index contributed by atoms with van der Waals surface area (Å²) in [5.41, 5.74) is 0.936. The van der Waals surface area contributed by atoms with Crippen molar-refractivity contribution in [3.8, 4) is 5.19 Å². The van der Waals surface area contributed by atoms with E-state index in [1.165, 1.54) is 11.3 Å². The molecule has 0 aliphatic carbocycles. The lowest BCUT2D eigenvalue weighted by Crippen LogP contribution is -1.93. The van der Waals surface area contributed by atoms with Crippen LogP contribution in [0.5, 0.6) is 5.19 Å². The molecule has 1 heterocycles. The highest BCUT2D eigenvalue weighted by molar-refractivity contribution is 7.20. The van der Waals surface area contributed by atoms with E-state index in [1.807, 2.05) is 30.3 Å². The van der Waals surface area contributed by atoms with Crippen LogP contribution in [0.15, 0.2) is 60.9 Å². The highest BCUT2D eigenvalue weighted by Crippen LogP contribution is 2.29. The fourth-order valence-corrected chi connectivity index (χ4v) is 2.40. The molecule has 0 saturated carbocycles. The van der Waals surface area contributed by atoms with Crippen LogP contribution in [-0.4, -0.2) is 16.7 Å². The van der Waals surface area contributed by atoms with Crippen molar-refractivity contribution in [2.45, 2.75) is 6.42 Å². The monoisotopic (exact) mass is 273 g/mol. The maximum atomic E-state index is 8.72. The van der Waals surface area contributed by atoms with Crippen molar-refractivity contribution < 1.29 is 9.84 Å². The number of fused-ring (bicyclic) bond motifs is 1. The molecule has 98 valence electrons. The van der Waals surface area contributed by atoms with E-state index in [4.69, 9.17) is 9.84 Å². The quantitative estimate of drug-likeness (QED) is 0.496. The van der Waals surface area contributed by atoms with E-state index in [-0.39, 0.29) is 6.61 Å². The third kappa shape index (κ3) is 3.77. The molecule has 0 fully saturated rings. The summed E-state index contributed by atoms with van der Waals surface area (Å²) in [6.07, 6.45) is 7.60. The second-order valence-corrected chi connectivity index (χ2v) is 4.77. The Morgan fingerprint density at radius 3 is 2.95 bits per heavy atom. The number of para-hydroxylation sites is 1. The molecule has 4 heteroatoms. The topological polar surface area (TPSA) is 42.4 Å². The number of hydrogen-bond donors (Lipinski definition) is 1. The number of thiazole rings is 1. The number of hydrogen-bond acceptors (Lipinski definition) is 4. The van der Waals surface area contributed by atoms with Crippen LogP contribution in [0.4, 0.5) is 0 Å². The first-order valence-corrected chi connectivity index (χ1v) is 6.76. The lowest BCUT2D eigenvalue weighted by atomic mass is 10.3. The van der Waals surface area contributed by atoms with Crippen LogP contribution in [-0.2, 0) is 0 Å². The van der Waals surface area contributed by atoms with Crippen molar-refractivity contribution in [1.82, 2.24) is 4.98 Å². The van der Waals surface area contributed by atoms with Gasteiger partial charge < -0.3 is 9.84 Å². The Labute approximate surface area is 116 Å². The smallest absolute Gasteiger partial charge is 0.279 e. The molecule has 2 aromatic rings. The Hall–Kier alpha value is -1.91. The van der Waals surface area contributed by atoms with E-state index < -0.39 is 0 Å². The molecular weight excluding hydrogens is 258 g/mol. The summed E-state index contributed by atoms with van der Waals surface area (Å²) in [6.45, 7) is 3.70. The Kier molecular flexibility index (Phi) is 4.89. The van der Waals surface area contributed by atoms with E-state index in [0.29, 0.717) is 11.6 Å². The number of nitrogens with zero attached hydrogens (tertiary/aromatic N) is 1. The number of rotatable bonds is 6. The first-order chi connectivity index (χ1) is 9.33. The Morgan fingerprint density at radius 1 is 1.37 bits per heavy atom. The van der Waals surface area contributed by atoms with Gasteiger partial charge in [0.15, 0.2) is 0 Å². The van der Waals surface area contributed by atoms with Gasteiger partial charge in [-0.2, -0.15) is 0 Å². The number of allylic oxidation sites excluding steroid dienone is 3. The summed E-state index contributed by atoms with van der Waals surface area (Å²) in [5.74, 6) is 0.749. The molecule has 0 bridgehead atoms. The zero-order valence-corrected chi connectivity index (χ0v) is 11.3. The van der Waals surface area contributed by atoms with Gasteiger partial charge in [-0.15, -0.1) is 0 Å². The predicted octanol–water partition coefficient (Wildman–Crippen LogP) is 3.68. The van der Waals surface area contributed by atoms with E-state index in [0.717, 1.165) is 16.0 Å². The van der Waals surface area contributed by atoms with Crippen molar-refractivity contribution in [1.29, 1.82) is 0 Å². The number of benzene rings is 1. The predicted molar refractivity (Wildman–Crippen MR) is 79.4 cm³/mol. The van der Waals surface area contributed by atoms with Crippen molar-refractivity contribution in [2.24, 2.45) is 0 Å². The van der Waals surface area contributed by atoms with Gasteiger partial charge >= 0.3 is 0 Å². The van der Waals surface area contributed by atoms with Gasteiger partial charge in [-0.05, 0) is 18.2 Å². The van der Waals surface area contributed by atoms with Gasteiger partial charge in [0.1, 0.15) is 5.76 Å². The van der Waals surface area contributed by atoms with Crippen LogP contribution >= 0.6 is 11.3 Å². The normalized spacial score (nSPS) is 12.2. The first kappa shape index (κ1) is 13.5. The lowest BCUT2D eigenvalue weighted by Gasteiger charge is -2.03. The molecule has 0 atom stereocenters. The fourth-order valence-electron chi connectivity index (χ4n) is 1.56. The molecule has 1 aromatic carbocycles. The van der Waals surface area contributed by atoms with Crippen LogP contribution in [0.25, 0.3) is 10.2 Å². The molecular formula is C15H15NO2S. The minimum atomic E-state index is 0.0303. The zero-order valence-electron chi connectivity index (χ0n) is 10.5. The number of ether oxygens (including phenoxy) is 1. The van der Waals surface area contributed by atoms with Crippen LogP contribution in [0, 0.1) is 0 Å². The number of aliphatic hydroxyl groups excluding tert-OH is 1. The molecule has 1 aromatic heterocycles. The third-order valence-corrected chi connectivity index (χ3v) is 3.30.